The average Bonchev–Trinajstić information content (AvgIpc) is 2.93. The van der Waals surface area contributed by atoms with E-state index in [1.165, 1.54) is 0 Å². The van der Waals surface area contributed by atoms with Gasteiger partial charge in [0.15, 0.2) is 5.69 Å². The van der Waals surface area contributed by atoms with Crippen molar-refractivity contribution in [2.45, 2.75) is 18.9 Å². The molecule has 0 amide bonds. The molecule has 2 aliphatic heterocycles. The zero-order valence-corrected chi connectivity index (χ0v) is 11.6. The predicted octanol–water partition coefficient (Wildman–Crippen LogP) is 0.978. The number of hydrogen-bond acceptors (Lipinski definition) is 5. The lowest BCUT2D eigenvalue weighted by atomic mass is 9.99. The third kappa shape index (κ3) is 2.12. The summed E-state index contributed by atoms with van der Waals surface area (Å²) >= 11 is 0. The van der Waals surface area contributed by atoms with Crippen molar-refractivity contribution < 1.29 is 9.53 Å². The summed E-state index contributed by atoms with van der Waals surface area (Å²) in [5.74, 6) is 0.598. The van der Waals surface area contributed by atoms with Crippen LogP contribution in [0.4, 0.5) is 0 Å². The molecule has 1 aromatic carbocycles. The van der Waals surface area contributed by atoms with Crippen molar-refractivity contribution in [2.75, 3.05) is 19.7 Å². The molecule has 4 rings (SSSR count). The normalized spacial score (nSPS) is 17.7. The molecular formula is C15H16N4O2. The molecular weight excluding hydrogens is 268 g/mol. The van der Waals surface area contributed by atoms with E-state index in [9.17, 15) is 4.79 Å². The van der Waals surface area contributed by atoms with E-state index in [1.54, 1.807) is 16.9 Å². The molecule has 6 heteroatoms. The lowest BCUT2D eigenvalue weighted by Crippen LogP contribution is -2.43. The van der Waals surface area contributed by atoms with Gasteiger partial charge < -0.3 is 10.1 Å². The van der Waals surface area contributed by atoms with Crippen molar-refractivity contribution in [3.8, 4) is 5.75 Å². The van der Waals surface area contributed by atoms with Crippen LogP contribution in [0.15, 0.2) is 24.4 Å². The second-order valence-electron chi connectivity index (χ2n) is 5.47. The monoisotopic (exact) mass is 284 g/mol. The molecule has 3 heterocycles. The van der Waals surface area contributed by atoms with Gasteiger partial charge in [-0.25, -0.2) is 4.68 Å². The van der Waals surface area contributed by atoms with Crippen LogP contribution in [0.25, 0.3) is 0 Å². The number of benzene rings is 1. The average molecular weight is 284 g/mol. The van der Waals surface area contributed by atoms with Gasteiger partial charge in [0.1, 0.15) is 5.75 Å². The Kier molecular flexibility index (Phi) is 2.96. The van der Waals surface area contributed by atoms with Crippen molar-refractivity contribution in [1.82, 2.24) is 20.3 Å². The van der Waals surface area contributed by atoms with E-state index in [1.807, 2.05) is 12.1 Å². The molecule has 21 heavy (non-hydrogen) atoms. The Morgan fingerprint density at radius 2 is 2.29 bits per heavy atom. The first kappa shape index (κ1) is 12.5. The SMILES string of the molecule is O=C(c1cn(C2CNC2)nn1)c1cccc2c1OCCC2. The highest BCUT2D eigenvalue weighted by Crippen LogP contribution is 2.30. The molecule has 0 aliphatic carbocycles. The fourth-order valence-electron chi connectivity index (χ4n) is 2.73. The van der Waals surface area contributed by atoms with Gasteiger partial charge in [0.25, 0.3) is 0 Å². The number of carbonyl (C=O) groups excluding carboxylic acids is 1. The Bertz CT molecular complexity index is 691. The van der Waals surface area contributed by atoms with Gasteiger partial charge in [-0.3, -0.25) is 4.79 Å². The Labute approximate surface area is 122 Å². The van der Waals surface area contributed by atoms with Gasteiger partial charge in [0.05, 0.1) is 24.4 Å². The Morgan fingerprint density at radius 1 is 1.38 bits per heavy atom. The number of fused-ring (bicyclic) bond motifs is 1. The topological polar surface area (TPSA) is 69.0 Å². The van der Waals surface area contributed by atoms with Gasteiger partial charge in [-0.2, -0.15) is 0 Å². The highest BCUT2D eigenvalue weighted by Gasteiger charge is 2.25. The molecule has 6 nitrogen and oxygen atoms in total. The summed E-state index contributed by atoms with van der Waals surface area (Å²) in [6.45, 7) is 2.42. The van der Waals surface area contributed by atoms with Crippen molar-refractivity contribution in [3.63, 3.8) is 0 Å². The molecule has 0 saturated carbocycles. The maximum atomic E-state index is 12.6. The van der Waals surface area contributed by atoms with E-state index >= 15 is 0 Å². The standard InChI is InChI=1S/C15H16N4O2/c20-14(13-9-19(18-17-13)11-7-16-8-11)12-5-1-3-10-4-2-6-21-15(10)12/h1,3,5,9,11,16H,2,4,6-8H2. The Morgan fingerprint density at radius 3 is 3.10 bits per heavy atom. The fraction of sp³-hybridized carbons (Fsp3) is 0.400. The number of hydrogen-bond donors (Lipinski definition) is 1. The Balaban J connectivity index is 1.66. The molecule has 0 spiro atoms. The van der Waals surface area contributed by atoms with Crippen LogP contribution in [0.1, 0.15) is 34.1 Å². The van der Waals surface area contributed by atoms with Crippen LogP contribution in [0.3, 0.4) is 0 Å². The molecule has 0 radical (unpaired) electrons. The largest absolute Gasteiger partial charge is 0.493 e. The second-order valence-corrected chi connectivity index (χ2v) is 5.47. The van der Waals surface area contributed by atoms with E-state index in [-0.39, 0.29) is 5.78 Å². The van der Waals surface area contributed by atoms with Crippen LogP contribution in [0.2, 0.25) is 0 Å². The number of aromatic nitrogens is 3. The second kappa shape index (κ2) is 4.96. The first-order valence-corrected chi connectivity index (χ1v) is 7.25. The minimum atomic E-state index is -0.118. The first-order chi connectivity index (χ1) is 10.3. The van der Waals surface area contributed by atoms with E-state index in [2.05, 4.69) is 15.6 Å². The number of nitrogens with zero attached hydrogens (tertiary/aromatic N) is 3. The lowest BCUT2D eigenvalue weighted by Gasteiger charge is -2.26. The summed E-state index contributed by atoms with van der Waals surface area (Å²) in [6.07, 6.45) is 3.68. The molecule has 108 valence electrons. The molecule has 0 unspecified atom stereocenters. The molecule has 2 aliphatic rings. The van der Waals surface area contributed by atoms with E-state index in [4.69, 9.17) is 4.74 Å². The first-order valence-electron chi connectivity index (χ1n) is 7.25. The lowest BCUT2D eigenvalue weighted by molar-refractivity contribution is 0.102. The molecule has 1 N–H and O–H groups in total. The van der Waals surface area contributed by atoms with Crippen LogP contribution >= 0.6 is 0 Å². The maximum absolute atomic E-state index is 12.6. The van der Waals surface area contributed by atoms with Crippen molar-refractivity contribution >= 4 is 5.78 Å². The van der Waals surface area contributed by atoms with Crippen LogP contribution in [0, 0.1) is 0 Å². The van der Waals surface area contributed by atoms with Crippen LogP contribution in [0.5, 0.6) is 5.75 Å². The number of para-hydroxylation sites is 1. The van der Waals surface area contributed by atoms with Crippen molar-refractivity contribution in [3.05, 3.63) is 41.2 Å². The molecule has 2 aromatic rings. The van der Waals surface area contributed by atoms with E-state index in [0.717, 1.165) is 31.5 Å². The summed E-state index contributed by atoms with van der Waals surface area (Å²) in [4.78, 5) is 12.6. The quantitative estimate of drug-likeness (QED) is 0.851. The minimum Gasteiger partial charge on any atom is -0.493 e. The number of ketones is 1. The predicted molar refractivity (Wildman–Crippen MR) is 75.6 cm³/mol. The summed E-state index contributed by atoms with van der Waals surface area (Å²) < 4.78 is 7.46. The van der Waals surface area contributed by atoms with E-state index in [0.29, 0.717) is 29.7 Å². The number of aryl methyl sites for hydroxylation is 1. The van der Waals surface area contributed by atoms with Gasteiger partial charge in [-0.15, -0.1) is 5.10 Å². The third-order valence-electron chi connectivity index (χ3n) is 4.06. The smallest absolute Gasteiger partial charge is 0.218 e. The van der Waals surface area contributed by atoms with Crippen molar-refractivity contribution in [1.29, 1.82) is 0 Å². The summed E-state index contributed by atoms with van der Waals surface area (Å²) in [5.41, 5.74) is 2.07. The van der Waals surface area contributed by atoms with E-state index < -0.39 is 0 Å². The molecule has 1 saturated heterocycles. The zero-order chi connectivity index (χ0) is 14.2. The zero-order valence-electron chi connectivity index (χ0n) is 11.6. The van der Waals surface area contributed by atoms with Crippen LogP contribution in [-0.4, -0.2) is 40.5 Å². The number of carbonyl (C=O) groups is 1. The van der Waals surface area contributed by atoms with Crippen LogP contribution in [-0.2, 0) is 6.42 Å². The van der Waals surface area contributed by atoms with Gasteiger partial charge in [-0.05, 0) is 24.5 Å². The number of rotatable bonds is 3. The highest BCUT2D eigenvalue weighted by molar-refractivity contribution is 6.09. The summed E-state index contributed by atoms with van der Waals surface area (Å²) in [7, 11) is 0. The summed E-state index contributed by atoms with van der Waals surface area (Å²) in [6, 6.07) is 6.03. The third-order valence-corrected chi connectivity index (χ3v) is 4.06. The van der Waals surface area contributed by atoms with Gasteiger partial charge in [0.2, 0.25) is 5.78 Å². The van der Waals surface area contributed by atoms with Gasteiger partial charge >= 0.3 is 0 Å². The molecule has 1 aromatic heterocycles. The van der Waals surface area contributed by atoms with Crippen LogP contribution < -0.4 is 10.1 Å². The molecule has 1 fully saturated rings. The molecule has 0 bridgehead atoms. The Hall–Kier alpha value is -2.21. The fourth-order valence-corrected chi connectivity index (χ4v) is 2.73. The minimum absolute atomic E-state index is 0.118. The maximum Gasteiger partial charge on any atom is 0.218 e. The molecule has 0 atom stereocenters. The summed E-state index contributed by atoms with van der Waals surface area (Å²) in [5, 5.41) is 11.3. The van der Waals surface area contributed by atoms with Crippen molar-refractivity contribution in [2.24, 2.45) is 0 Å². The number of nitrogens with one attached hydrogen (secondary N) is 1. The number of ether oxygens (including phenoxy) is 1. The van der Waals surface area contributed by atoms with Gasteiger partial charge in [0, 0.05) is 13.1 Å². The van der Waals surface area contributed by atoms with Gasteiger partial charge in [-0.1, -0.05) is 17.3 Å². The highest BCUT2D eigenvalue weighted by atomic mass is 16.5.